The fraction of sp³-hybridized carbons (Fsp3) is 0.423. The van der Waals surface area contributed by atoms with E-state index in [0.717, 1.165) is 30.4 Å². The predicted octanol–water partition coefficient (Wildman–Crippen LogP) is 7.71. The third kappa shape index (κ3) is 8.09. The van der Waals surface area contributed by atoms with Crippen LogP contribution in [0.2, 0.25) is 15.1 Å². The first-order chi connectivity index (χ1) is 16.8. The Balaban J connectivity index is 1.36. The summed E-state index contributed by atoms with van der Waals surface area (Å²) in [5.74, 6) is 0. The molecule has 1 saturated heterocycles. The van der Waals surface area contributed by atoms with Crippen molar-refractivity contribution < 1.29 is 14.2 Å². The average molecular weight is 558 g/mol. The Bertz CT molecular complexity index is 1080. The highest BCUT2D eigenvalue weighted by atomic mass is 35.5. The maximum absolute atomic E-state index is 6.71. The maximum atomic E-state index is 6.71. The summed E-state index contributed by atoms with van der Waals surface area (Å²) >= 11 is 25.3. The van der Waals surface area contributed by atoms with Gasteiger partial charge in [0.15, 0.2) is 6.29 Å². The molecule has 5 nitrogen and oxygen atoms in total. The molecule has 0 bridgehead atoms. The van der Waals surface area contributed by atoms with Crippen LogP contribution in [0.1, 0.15) is 43.4 Å². The monoisotopic (exact) mass is 556 g/mol. The van der Waals surface area contributed by atoms with E-state index in [-0.39, 0.29) is 12.2 Å². The largest absolute Gasteiger partial charge is 0.369 e. The van der Waals surface area contributed by atoms with Crippen molar-refractivity contribution in [3.63, 3.8) is 0 Å². The van der Waals surface area contributed by atoms with E-state index in [2.05, 4.69) is 4.98 Å². The molecular weight excluding hydrogens is 530 g/mol. The molecule has 0 radical (unpaired) electrons. The Labute approximate surface area is 226 Å². The van der Waals surface area contributed by atoms with Crippen molar-refractivity contribution >= 4 is 46.4 Å². The first kappa shape index (κ1) is 26.7. The summed E-state index contributed by atoms with van der Waals surface area (Å²) in [5, 5.41) is 0.935. The van der Waals surface area contributed by atoms with Gasteiger partial charge in [-0.25, -0.2) is 4.98 Å². The highest BCUT2D eigenvalue weighted by Crippen LogP contribution is 2.32. The molecule has 2 heterocycles. The van der Waals surface area contributed by atoms with Gasteiger partial charge in [-0.2, -0.15) is 0 Å². The van der Waals surface area contributed by atoms with Gasteiger partial charge in [-0.3, -0.25) is 0 Å². The lowest BCUT2D eigenvalue weighted by Crippen LogP contribution is -2.38. The lowest BCUT2D eigenvalue weighted by molar-refractivity contribution is -0.232. The van der Waals surface area contributed by atoms with E-state index in [0.29, 0.717) is 34.6 Å². The molecule has 9 heteroatoms. The first-order valence-electron chi connectivity index (χ1n) is 11.6. The molecule has 4 atom stereocenters. The zero-order valence-electron chi connectivity index (χ0n) is 19.4. The van der Waals surface area contributed by atoms with Crippen LogP contribution in [0, 0.1) is 0 Å². The Morgan fingerprint density at radius 3 is 2.60 bits per heavy atom. The molecule has 1 aliphatic rings. The molecule has 0 spiro atoms. The zero-order valence-corrected chi connectivity index (χ0v) is 22.4. The highest BCUT2D eigenvalue weighted by Gasteiger charge is 2.32. The second kappa shape index (κ2) is 12.3. The summed E-state index contributed by atoms with van der Waals surface area (Å²) < 4.78 is 20.7. The van der Waals surface area contributed by atoms with E-state index < -0.39 is 11.4 Å². The van der Waals surface area contributed by atoms with Crippen LogP contribution in [0.3, 0.4) is 0 Å². The number of hydrogen-bond donors (Lipinski definition) is 0. The minimum absolute atomic E-state index is 0.117. The average Bonchev–Trinajstić information content (AvgIpc) is 3.31. The van der Waals surface area contributed by atoms with Gasteiger partial charge in [0.2, 0.25) is 0 Å². The number of rotatable bonds is 10. The van der Waals surface area contributed by atoms with E-state index in [1.165, 1.54) is 0 Å². The van der Waals surface area contributed by atoms with Crippen LogP contribution in [-0.4, -0.2) is 33.6 Å². The van der Waals surface area contributed by atoms with Crippen molar-refractivity contribution in [2.24, 2.45) is 0 Å². The first-order valence-corrected chi connectivity index (χ1v) is 13.1. The Hall–Kier alpha value is -1.31. The van der Waals surface area contributed by atoms with Gasteiger partial charge in [-0.05, 0) is 56.0 Å². The molecule has 1 fully saturated rings. The highest BCUT2D eigenvalue weighted by molar-refractivity contribution is 6.35. The fourth-order valence-electron chi connectivity index (χ4n) is 4.17. The topological polar surface area (TPSA) is 45.5 Å². The van der Waals surface area contributed by atoms with Crippen molar-refractivity contribution in [3.05, 3.63) is 87.4 Å². The Kier molecular flexibility index (Phi) is 9.39. The molecule has 0 saturated carbocycles. The van der Waals surface area contributed by atoms with Gasteiger partial charge >= 0.3 is 0 Å². The van der Waals surface area contributed by atoms with Gasteiger partial charge in [0, 0.05) is 39.4 Å². The molecule has 0 amide bonds. The van der Waals surface area contributed by atoms with Gasteiger partial charge in [0.1, 0.15) is 11.2 Å². The molecule has 4 unspecified atom stereocenters. The Morgan fingerprint density at radius 1 is 1.11 bits per heavy atom. The van der Waals surface area contributed by atoms with E-state index in [9.17, 15) is 0 Å². The van der Waals surface area contributed by atoms with Crippen LogP contribution in [0.5, 0.6) is 0 Å². The minimum atomic E-state index is -0.901. The molecule has 0 N–H and O–H groups in total. The third-order valence-corrected chi connectivity index (χ3v) is 6.89. The smallest absolute Gasteiger partial charge is 0.160 e. The molecular formula is C26H28Cl4N2O3. The number of imidazole rings is 1. The van der Waals surface area contributed by atoms with Crippen molar-refractivity contribution in [1.82, 2.24) is 9.55 Å². The molecule has 1 aromatic heterocycles. The number of alkyl halides is 1. The van der Waals surface area contributed by atoms with E-state index in [1.807, 2.05) is 54.1 Å². The van der Waals surface area contributed by atoms with Crippen molar-refractivity contribution in [2.75, 3.05) is 6.61 Å². The van der Waals surface area contributed by atoms with Crippen molar-refractivity contribution in [2.45, 2.75) is 62.7 Å². The maximum Gasteiger partial charge on any atom is 0.160 e. The van der Waals surface area contributed by atoms with Gasteiger partial charge < -0.3 is 18.8 Å². The summed E-state index contributed by atoms with van der Waals surface area (Å²) in [5.41, 5.74) is 1.91. The summed E-state index contributed by atoms with van der Waals surface area (Å²) in [7, 11) is 0. The molecule has 0 aliphatic carbocycles. The number of aromatic nitrogens is 2. The minimum Gasteiger partial charge on any atom is -0.369 e. The quantitative estimate of drug-likeness (QED) is 0.239. The van der Waals surface area contributed by atoms with Crippen LogP contribution < -0.4 is 0 Å². The molecule has 2 aromatic carbocycles. The number of nitrogens with zero attached hydrogens (tertiary/aromatic N) is 2. The normalized spacial score (nSPS) is 20.9. The van der Waals surface area contributed by atoms with E-state index in [4.69, 9.17) is 60.6 Å². The Morgan fingerprint density at radius 2 is 1.89 bits per heavy atom. The summed E-state index contributed by atoms with van der Waals surface area (Å²) in [6.45, 7) is 2.82. The second-order valence-electron chi connectivity index (χ2n) is 8.89. The number of hydrogen-bond acceptors (Lipinski definition) is 4. The molecule has 188 valence electrons. The number of benzene rings is 2. The van der Waals surface area contributed by atoms with Crippen LogP contribution >= 0.6 is 46.4 Å². The SMILES string of the molecule is CC(Cl)(Cc1ccc(Cl)cc1)OC1CCCC(COC(Cn2ccnc2)c2ccc(Cl)cc2Cl)O1. The van der Waals surface area contributed by atoms with Gasteiger partial charge in [0.25, 0.3) is 0 Å². The van der Waals surface area contributed by atoms with Crippen LogP contribution in [-0.2, 0) is 27.2 Å². The molecule has 35 heavy (non-hydrogen) atoms. The lowest BCUT2D eigenvalue weighted by atomic mass is 10.1. The summed E-state index contributed by atoms with van der Waals surface area (Å²) in [6, 6.07) is 13.0. The predicted molar refractivity (Wildman–Crippen MR) is 140 cm³/mol. The van der Waals surface area contributed by atoms with Gasteiger partial charge in [-0.15, -0.1) is 0 Å². The zero-order chi connectivity index (χ0) is 24.8. The second-order valence-corrected chi connectivity index (χ2v) is 11.0. The van der Waals surface area contributed by atoms with E-state index in [1.54, 1.807) is 18.6 Å². The third-order valence-electron chi connectivity index (χ3n) is 5.85. The van der Waals surface area contributed by atoms with Crippen LogP contribution in [0.4, 0.5) is 0 Å². The number of halogens is 4. The van der Waals surface area contributed by atoms with Gasteiger partial charge in [0.05, 0.1) is 25.6 Å². The molecule has 3 aromatic rings. The fourth-order valence-corrected chi connectivity index (χ4v) is 5.08. The van der Waals surface area contributed by atoms with Gasteiger partial charge in [-0.1, -0.05) is 64.6 Å². The standard InChI is InChI=1S/C26H28Cl4N2O3/c1-26(30,14-18-5-7-19(27)8-6-18)35-25-4-2-3-21(34-25)16-33-24(15-32-12-11-31-17-32)22-10-9-20(28)13-23(22)29/h5-13,17,21,24-25H,2-4,14-16H2,1H3. The summed E-state index contributed by atoms with van der Waals surface area (Å²) in [4.78, 5) is 4.13. The lowest BCUT2D eigenvalue weighted by Gasteiger charge is -2.35. The van der Waals surface area contributed by atoms with E-state index >= 15 is 0 Å². The van der Waals surface area contributed by atoms with Crippen molar-refractivity contribution in [3.8, 4) is 0 Å². The molecule has 4 rings (SSSR count). The molecule has 1 aliphatic heterocycles. The van der Waals surface area contributed by atoms with Crippen LogP contribution in [0.25, 0.3) is 0 Å². The van der Waals surface area contributed by atoms with Crippen LogP contribution in [0.15, 0.2) is 61.2 Å². The van der Waals surface area contributed by atoms with Crippen molar-refractivity contribution in [1.29, 1.82) is 0 Å². The summed E-state index contributed by atoms with van der Waals surface area (Å²) in [6.07, 6.45) is 7.72. The number of ether oxygens (including phenoxy) is 3.